The fraction of sp³-hybridized carbons (Fsp3) is 0.625. The number of hydrogen-bond acceptors (Lipinski definition) is 3. The van der Waals surface area contributed by atoms with Gasteiger partial charge in [0, 0.05) is 45.2 Å². The highest BCUT2D eigenvalue weighted by atomic mass is 19.4. The maximum absolute atomic E-state index is 13.2. The molecule has 3 rings (SSSR count). The molecule has 1 aromatic rings. The van der Waals surface area contributed by atoms with Gasteiger partial charge in [0.2, 0.25) is 5.91 Å². The van der Waals surface area contributed by atoms with Crippen molar-refractivity contribution < 1.29 is 26.7 Å². The number of alkyl halides is 5. The molecule has 0 bridgehead atoms. The van der Waals surface area contributed by atoms with Crippen molar-refractivity contribution in [3.05, 3.63) is 23.9 Å². The van der Waals surface area contributed by atoms with Gasteiger partial charge in [-0.25, -0.2) is 13.8 Å². The lowest BCUT2D eigenvalue weighted by atomic mass is 10.0. The van der Waals surface area contributed by atoms with Gasteiger partial charge in [0.15, 0.2) is 0 Å². The Balaban J connectivity index is 1.63. The Morgan fingerprint density at radius 2 is 1.88 bits per heavy atom. The van der Waals surface area contributed by atoms with Crippen LogP contribution in [0, 0.1) is 5.92 Å². The van der Waals surface area contributed by atoms with E-state index in [-0.39, 0.29) is 44.2 Å². The molecule has 3 heterocycles. The Bertz CT molecular complexity index is 639. The first-order valence-electron chi connectivity index (χ1n) is 8.10. The molecular weight excluding hydrogens is 345 g/mol. The summed E-state index contributed by atoms with van der Waals surface area (Å²) in [7, 11) is 0. The quantitative estimate of drug-likeness (QED) is 0.758. The number of anilines is 1. The number of rotatable bonds is 2. The Morgan fingerprint density at radius 1 is 1.20 bits per heavy atom. The number of piperidine rings is 1. The van der Waals surface area contributed by atoms with Gasteiger partial charge >= 0.3 is 6.18 Å². The smallest absolute Gasteiger partial charge is 0.356 e. The topological polar surface area (TPSA) is 36.4 Å². The molecule has 138 valence electrons. The second-order valence-electron chi connectivity index (χ2n) is 6.51. The number of pyridine rings is 1. The maximum atomic E-state index is 13.2. The molecule has 0 saturated carbocycles. The van der Waals surface area contributed by atoms with E-state index in [0.29, 0.717) is 13.0 Å². The van der Waals surface area contributed by atoms with Crippen LogP contribution in [0.15, 0.2) is 18.3 Å². The van der Waals surface area contributed by atoms with E-state index in [1.807, 2.05) is 0 Å². The van der Waals surface area contributed by atoms with Crippen LogP contribution in [0.1, 0.15) is 24.8 Å². The molecule has 1 atom stereocenters. The van der Waals surface area contributed by atoms with Crippen LogP contribution in [0.25, 0.3) is 0 Å². The molecule has 2 saturated heterocycles. The molecule has 0 aromatic carbocycles. The van der Waals surface area contributed by atoms with Gasteiger partial charge in [0.25, 0.3) is 5.92 Å². The summed E-state index contributed by atoms with van der Waals surface area (Å²) in [6, 6.07) is 1.87. The lowest BCUT2D eigenvalue weighted by molar-refractivity contribution is -0.141. The van der Waals surface area contributed by atoms with Crippen LogP contribution in [-0.2, 0) is 11.0 Å². The van der Waals surface area contributed by atoms with Crippen molar-refractivity contribution in [1.82, 2.24) is 9.88 Å². The molecule has 0 radical (unpaired) electrons. The van der Waals surface area contributed by atoms with Crippen LogP contribution in [0.4, 0.5) is 27.8 Å². The number of likely N-dealkylation sites (tertiary alicyclic amines) is 1. The number of hydrogen-bond donors (Lipinski definition) is 0. The van der Waals surface area contributed by atoms with Crippen LogP contribution < -0.4 is 4.90 Å². The van der Waals surface area contributed by atoms with Gasteiger partial charge < -0.3 is 9.80 Å². The van der Waals surface area contributed by atoms with Crippen molar-refractivity contribution in [1.29, 1.82) is 0 Å². The highest BCUT2D eigenvalue weighted by Crippen LogP contribution is 2.33. The lowest BCUT2D eigenvalue weighted by Crippen LogP contribution is -2.45. The van der Waals surface area contributed by atoms with Gasteiger partial charge in [0.05, 0.1) is 11.5 Å². The second-order valence-corrected chi connectivity index (χ2v) is 6.51. The third kappa shape index (κ3) is 4.01. The van der Waals surface area contributed by atoms with Crippen LogP contribution >= 0.6 is 0 Å². The number of carbonyl (C=O) groups is 1. The molecule has 2 fully saturated rings. The fourth-order valence-electron chi connectivity index (χ4n) is 3.25. The fourth-order valence-corrected chi connectivity index (χ4v) is 3.25. The van der Waals surface area contributed by atoms with E-state index in [9.17, 15) is 26.7 Å². The summed E-state index contributed by atoms with van der Waals surface area (Å²) < 4.78 is 64.8. The summed E-state index contributed by atoms with van der Waals surface area (Å²) in [4.78, 5) is 19.5. The van der Waals surface area contributed by atoms with Crippen LogP contribution in [0.5, 0.6) is 0 Å². The van der Waals surface area contributed by atoms with E-state index >= 15 is 0 Å². The minimum atomic E-state index is -4.45. The summed E-state index contributed by atoms with van der Waals surface area (Å²) in [6.45, 7) is 0.697. The Hall–Kier alpha value is -1.93. The third-order valence-electron chi connectivity index (χ3n) is 4.74. The monoisotopic (exact) mass is 363 g/mol. The van der Waals surface area contributed by atoms with Crippen LogP contribution in [0.3, 0.4) is 0 Å². The summed E-state index contributed by atoms with van der Waals surface area (Å²) in [5.74, 6) is -3.15. The normalized spacial score (nSPS) is 23.8. The number of halogens is 5. The molecular formula is C16H18F5N3O. The summed E-state index contributed by atoms with van der Waals surface area (Å²) in [5, 5.41) is 0. The molecule has 1 aromatic heterocycles. The summed E-state index contributed by atoms with van der Waals surface area (Å²) in [6.07, 6.45) is -3.57. The van der Waals surface area contributed by atoms with Crippen molar-refractivity contribution >= 4 is 11.7 Å². The molecule has 4 nitrogen and oxygen atoms in total. The molecule has 0 aliphatic carbocycles. The molecule has 9 heteroatoms. The molecule has 2 aliphatic rings. The minimum Gasteiger partial charge on any atom is -0.356 e. The van der Waals surface area contributed by atoms with Crippen molar-refractivity contribution in [2.45, 2.75) is 31.4 Å². The SMILES string of the molecule is O=C(C1CCN(c2cc(C(F)(F)F)ccn2)C1)N1CCC(F)(F)CC1. The Kier molecular flexibility index (Phi) is 4.59. The molecule has 0 N–H and O–H groups in total. The minimum absolute atomic E-state index is 0.0180. The second kappa shape index (κ2) is 6.42. The lowest BCUT2D eigenvalue weighted by Gasteiger charge is -2.33. The zero-order valence-corrected chi connectivity index (χ0v) is 13.4. The first kappa shape index (κ1) is 17.9. The van der Waals surface area contributed by atoms with Crippen molar-refractivity contribution in [2.75, 3.05) is 31.1 Å². The van der Waals surface area contributed by atoms with Crippen molar-refractivity contribution in [3.8, 4) is 0 Å². The van der Waals surface area contributed by atoms with Crippen LogP contribution in [0.2, 0.25) is 0 Å². The van der Waals surface area contributed by atoms with Gasteiger partial charge in [-0.05, 0) is 18.6 Å². The average Bonchev–Trinajstić information content (AvgIpc) is 3.03. The first-order valence-corrected chi connectivity index (χ1v) is 8.10. The molecule has 1 amide bonds. The van der Waals surface area contributed by atoms with Gasteiger partial charge in [0.1, 0.15) is 5.82 Å². The number of carbonyl (C=O) groups excluding carboxylic acids is 1. The molecule has 1 unspecified atom stereocenters. The third-order valence-corrected chi connectivity index (χ3v) is 4.74. The van der Waals surface area contributed by atoms with E-state index in [4.69, 9.17) is 0 Å². The van der Waals surface area contributed by atoms with E-state index in [0.717, 1.165) is 18.3 Å². The van der Waals surface area contributed by atoms with Gasteiger partial charge in [-0.3, -0.25) is 4.79 Å². The maximum Gasteiger partial charge on any atom is 0.416 e. The standard InChI is InChI=1S/C16H18F5N3O/c17-15(18)3-7-23(8-4-15)14(25)11-2-6-24(10-11)13-9-12(1-5-22-13)16(19,20)21/h1,5,9,11H,2-4,6-8,10H2. The first-order chi connectivity index (χ1) is 11.7. The summed E-state index contributed by atoms with van der Waals surface area (Å²) in [5.41, 5.74) is -0.787. The zero-order valence-electron chi connectivity index (χ0n) is 13.4. The van der Waals surface area contributed by atoms with Crippen molar-refractivity contribution in [3.63, 3.8) is 0 Å². The van der Waals surface area contributed by atoms with Gasteiger partial charge in [-0.15, -0.1) is 0 Å². The van der Waals surface area contributed by atoms with Crippen molar-refractivity contribution in [2.24, 2.45) is 5.92 Å². The molecule has 2 aliphatic heterocycles. The van der Waals surface area contributed by atoms with E-state index in [2.05, 4.69) is 4.98 Å². The number of amides is 1. The van der Waals surface area contributed by atoms with Gasteiger partial charge in [-0.2, -0.15) is 13.2 Å². The molecule has 0 spiro atoms. The Morgan fingerprint density at radius 3 is 2.52 bits per heavy atom. The van der Waals surface area contributed by atoms with Crippen LogP contribution in [-0.4, -0.2) is 47.9 Å². The highest BCUT2D eigenvalue weighted by Gasteiger charge is 2.39. The Labute approximate surface area is 141 Å². The van der Waals surface area contributed by atoms with Gasteiger partial charge in [-0.1, -0.05) is 0 Å². The van der Waals surface area contributed by atoms with E-state index < -0.39 is 23.6 Å². The van der Waals surface area contributed by atoms with E-state index in [1.165, 1.54) is 4.90 Å². The summed E-state index contributed by atoms with van der Waals surface area (Å²) >= 11 is 0. The average molecular weight is 363 g/mol. The largest absolute Gasteiger partial charge is 0.416 e. The number of aromatic nitrogens is 1. The highest BCUT2D eigenvalue weighted by molar-refractivity contribution is 5.80. The number of nitrogens with zero attached hydrogens (tertiary/aromatic N) is 3. The van der Waals surface area contributed by atoms with E-state index in [1.54, 1.807) is 4.90 Å². The zero-order chi connectivity index (χ0) is 18.2. The molecule has 25 heavy (non-hydrogen) atoms. The predicted molar refractivity (Wildman–Crippen MR) is 80.3 cm³/mol. The predicted octanol–water partition coefficient (Wildman–Crippen LogP) is 3.18.